The van der Waals surface area contributed by atoms with Crippen LogP contribution in [0.1, 0.15) is 49.9 Å². The van der Waals surface area contributed by atoms with Crippen LogP contribution in [0.3, 0.4) is 0 Å². The van der Waals surface area contributed by atoms with Crippen LogP contribution in [-0.2, 0) is 4.74 Å². The van der Waals surface area contributed by atoms with Crippen LogP contribution in [0.25, 0.3) is 0 Å². The summed E-state index contributed by atoms with van der Waals surface area (Å²) in [7, 11) is 0. The Bertz CT molecular complexity index is 517. The van der Waals surface area contributed by atoms with Crippen LogP contribution in [0.2, 0.25) is 5.02 Å². The molecule has 0 aromatic carbocycles. The van der Waals surface area contributed by atoms with Gasteiger partial charge in [-0.25, -0.2) is 9.97 Å². The lowest BCUT2D eigenvalue weighted by Crippen LogP contribution is -2.50. The predicted octanol–water partition coefficient (Wildman–Crippen LogP) is 2.50. The maximum Gasteiger partial charge on any atom is 0.274 e. The fourth-order valence-corrected chi connectivity index (χ4v) is 2.32. The molecule has 1 saturated heterocycles. The van der Waals surface area contributed by atoms with E-state index in [2.05, 4.69) is 9.97 Å². The van der Waals surface area contributed by atoms with Gasteiger partial charge in [0, 0.05) is 19.0 Å². The number of rotatable bonds is 2. The van der Waals surface area contributed by atoms with E-state index < -0.39 is 0 Å². The largest absolute Gasteiger partial charge is 0.372 e. The molecule has 0 spiro atoms. The lowest BCUT2D eigenvalue weighted by Gasteiger charge is -2.38. The number of ether oxygens (including phenoxy) is 1. The summed E-state index contributed by atoms with van der Waals surface area (Å²) in [5.41, 5.74) is -0.0584. The van der Waals surface area contributed by atoms with Gasteiger partial charge in [-0.1, -0.05) is 25.4 Å². The first-order valence-electron chi connectivity index (χ1n) is 6.76. The highest BCUT2D eigenvalue weighted by molar-refractivity contribution is 6.33. The Morgan fingerprint density at radius 1 is 1.50 bits per heavy atom. The fourth-order valence-electron chi connectivity index (χ4n) is 2.15. The molecule has 6 heteroatoms. The fraction of sp³-hybridized carbons (Fsp3) is 0.643. The first kappa shape index (κ1) is 15.2. The lowest BCUT2D eigenvalue weighted by molar-refractivity contribution is -0.0765. The summed E-state index contributed by atoms with van der Waals surface area (Å²) in [5.74, 6) is 0.626. The Morgan fingerprint density at radius 3 is 2.80 bits per heavy atom. The van der Waals surface area contributed by atoms with E-state index in [-0.39, 0.29) is 23.1 Å². The van der Waals surface area contributed by atoms with E-state index in [1.54, 1.807) is 4.90 Å². The van der Waals surface area contributed by atoms with Crippen LogP contribution in [0.4, 0.5) is 0 Å². The second-order valence-corrected chi connectivity index (χ2v) is 6.32. The summed E-state index contributed by atoms with van der Waals surface area (Å²) in [6, 6.07) is 0. The van der Waals surface area contributed by atoms with E-state index in [4.69, 9.17) is 16.3 Å². The molecule has 1 aromatic heterocycles. The molecule has 20 heavy (non-hydrogen) atoms. The number of carbonyl (C=O) groups excluding carboxylic acids is 1. The third-order valence-electron chi connectivity index (χ3n) is 3.19. The van der Waals surface area contributed by atoms with Gasteiger partial charge in [-0.2, -0.15) is 0 Å². The minimum Gasteiger partial charge on any atom is -0.372 e. The van der Waals surface area contributed by atoms with Crippen LogP contribution in [0.5, 0.6) is 0 Å². The van der Waals surface area contributed by atoms with Crippen molar-refractivity contribution in [3.05, 3.63) is 22.7 Å². The molecule has 1 aliphatic heterocycles. The van der Waals surface area contributed by atoms with E-state index in [1.165, 1.54) is 6.20 Å². The molecule has 1 aromatic rings. The standard InChI is InChI=1S/C14H20ClN3O2/c1-9(2)12-16-7-10(15)11(17-12)13(19)18-5-6-20-14(3,4)8-18/h7,9H,5-6,8H2,1-4H3. The Labute approximate surface area is 124 Å². The maximum atomic E-state index is 12.6. The summed E-state index contributed by atoms with van der Waals surface area (Å²) >= 11 is 6.08. The zero-order valence-corrected chi connectivity index (χ0v) is 13.1. The van der Waals surface area contributed by atoms with E-state index in [1.807, 2.05) is 27.7 Å². The van der Waals surface area contributed by atoms with Crippen molar-refractivity contribution < 1.29 is 9.53 Å². The van der Waals surface area contributed by atoms with Crippen molar-refractivity contribution in [2.45, 2.75) is 39.2 Å². The highest BCUT2D eigenvalue weighted by Gasteiger charge is 2.32. The topological polar surface area (TPSA) is 55.3 Å². The van der Waals surface area contributed by atoms with Crippen LogP contribution in [0, 0.1) is 0 Å². The van der Waals surface area contributed by atoms with Crippen LogP contribution >= 0.6 is 11.6 Å². The number of hydrogen-bond donors (Lipinski definition) is 0. The molecular weight excluding hydrogens is 278 g/mol. The second-order valence-electron chi connectivity index (χ2n) is 5.91. The SMILES string of the molecule is CC(C)c1ncc(Cl)c(C(=O)N2CCOC(C)(C)C2)n1. The summed E-state index contributed by atoms with van der Waals surface area (Å²) in [5, 5.41) is 0.295. The molecule has 110 valence electrons. The van der Waals surface area contributed by atoms with Gasteiger partial charge in [-0.05, 0) is 13.8 Å². The lowest BCUT2D eigenvalue weighted by atomic mass is 10.1. The zero-order chi connectivity index (χ0) is 14.9. The third kappa shape index (κ3) is 3.27. The van der Waals surface area contributed by atoms with Gasteiger partial charge in [-0.3, -0.25) is 4.79 Å². The molecule has 1 amide bonds. The number of carbonyl (C=O) groups is 1. The van der Waals surface area contributed by atoms with Gasteiger partial charge < -0.3 is 9.64 Å². The smallest absolute Gasteiger partial charge is 0.274 e. The highest BCUT2D eigenvalue weighted by Crippen LogP contribution is 2.22. The molecule has 0 unspecified atom stereocenters. The number of hydrogen-bond acceptors (Lipinski definition) is 4. The molecule has 1 aliphatic rings. The minimum atomic E-state index is -0.339. The molecule has 2 rings (SSSR count). The van der Waals surface area contributed by atoms with Gasteiger partial charge in [-0.15, -0.1) is 0 Å². The number of aromatic nitrogens is 2. The van der Waals surface area contributed by atoms with Gasteiger partial charge in [0.05, 0.1) is 23.4 Å². The Balaban J connectivity index is 2.26. The third-order valence-corrected chi connectivity index (χ3v) is 3.47. The number of amides is 1. The molecule has 5 nitrogen and oxygen atoms in total. The Hall–Kier alpha value is -1.20. The van der Waals surface area contributed by atoms with Gasteiger partial charge in [0.15, 0.2) is 5.69 Å². The molecular formula is C14H20ClN3O2. The average Bonchev–Trinajstić information content (AvgIpc) is 2.37. The molecule has 0 bridgehead atoms. The first-order valence-corrected chi connectivity index (χ1v) is 7.13. The van der Waals surface area contributed by atoms with Gasteiger partial charge in [0.25, 0.3) is 5.91 Å². The van der Waals surface area contributed by atoms with Crippen molar-refractivity contribution in [1.82, 2.24) is 14.9 Å². The van der Waals surface area contributed by atoms with E-state index in [0.29, 0.717) is 30.5 Å². The zero-order valence-electron chi connectivity index (χ0n) is 12.3. The Morgan fingerprint density at radius 2 is 2.20 bits per heavy atom. The second kappa shape index (κ2) is 5.66. The first-order chi connectivity index (χ1) is 9.30. The molecule has 2 heterocycles. The number of nitrogens with zero attached hydrogens (tertiary/aromatic N) is 3. The van der Waals surface area contributed by atoms with E-state index in [0.717, 1.165) is 0 Å². The normalized spacial score (nSPS) is 18.4. The molecule has 0 N–H and O–H groups in total. The summed E-state index contributed by atoms with van der Waals surface area (Å²) < 4.78 is 5.61. The quantitative estimate of drug-likeness (QED) is 0.841. The monoisotopic (exact) mass is 297 g/mol. The minimum absolute atomic E-state index is 0.153. The van der Waals surface area contributed by atoms with Crippen LogP contribution < -0.4 is 0 Å². The number of morpholine rings is 1. The van der Waals surface area contributed by atoms with Crippen molar-refractivity contribution in [2.24, 2.45) is 0 Å². The molecule has 0 radical (unpaired) electrons. The van der Waals surface area contributed by atoms with Crippen molar-refractivity contribution >= 4 is 17.5 Å². The molecule has 0 aliphatic carbocycles. The van der Waals surface area contributed by atoms with Crippen molar-refractivity contribution in [1.29, 1.82) is 0 Å². The summed E-state index contributed by atoms with van der Waals surface area (Å²) in [6.45, 7) is 9.51. The summed E-state index contributed by atoms with van der Waals surface area (Å²) in [6.07, 6.45) is 1.50. The van der Waals surface area contributed by atoms with Gasteiger partial charge in [0.1, 0.15) is 5.82 Å². The molecule has 0 atom stereocenters. The van der Waals surface area contributed by atoms with E-state index >= 15 is 0 Å². The highest BCUT2D eigenvalue weighted by atomic mass is 35.5. The molecule has 1 fully saturated rings. The van der Waals surface area contributed by atoms with E-state index in [9.17, 15) is 4.79 Å². The summed E-state index contributed by atoms with van der Waals surface area (Å²) in [4.78, 5) is 22.8. The van der Waals surface area contributed by atoms with Crippen molar-refractivity contribution in [2.75, 3.05) is 19.7 Å². The van der Waals surface area contributed by atoms with Gasteiger partial charge >= 0.3 is 0 Å². The van der Waals surface area contributed by atoms with Crippen LogP contribution in [-0.4, -0.2) is 46.1 Å². The van der Waals surface area contributed by atoms with Crippen LogP contribution in [0.15, 0.2) is 6.20 Å². The van der Waals surface area contributed by atoms with Gasteiger partial charge in [0.2, 0.25) is 0 Å². The predicted molar refractivity (Wildman–Crippen MR) is 77.1 cm³/mol. The molecule has 0 saturated carbocycles. The maximum absolute atomic E-state index is 12.6. The van der Waals surface area contributed by atoms with Crippen molar-refractivity contribution in [3.63, 3.8) is 0 Å². The van der Waals surface area contributed by atoms with Crippen molar-refractivity contribution in [3.8, 4) is 0 Å². The Kier molecular flexibility index (Phi) is 4.30. The average molecular weight is 298 g/mol. The number of halogens is 1.